The number of imidazole rings is 1. The maximum atomic E-state index is 12.6. The molecular formula is C20H20ClN3O3S. The van der Waals surface area contributed by atoms with Gasteiger partial charge >= 0.3 is 0 Å². The lowest BCUT2D eigenvalue weighted by atomic mass is 10.2. The fraction of sp³-hybridized carbons (Fsp3) is 0.200. The largest absolute Gasteiger partial charge is 0.493 e. The average Bonchev–Trinajstić information content (AvgIpc) is 3.15. The summed E-state index contributed by atoms with van der Waals surface area (Å²) < 4.78 is 12.4. The second kappa shape index (κ2) is 9.03. The van der Waals surface area contributed by atoms with E-state index in [0.717, 1.165) is 5.69 Å². The molecule has 0 aliphatic heterocycles. The first kappa shape index (κ1) is 20.1. The number of aromatic nitrogens is 2. The molecule has 2 aromatic carbocycles. The van der Waals surface area contributed by atoms with Gasteiger partial charge in [-0.05, 0) is 37.3 Å². The molecule has 3 rings (SSSR count). The highest BCUT2D eigenvalue weighted by molar-refractivity contribution is 8.00. The number of benzene rings is 2. The molecule has 0 saturated heterocycles. The zero-order valence-electron chi connectivity index (χ0n) is 15.7. The zero-order valence-corrected chi connectivity index (χ0v) is 17.3. The number of hydrogen-bond acceptors (Lipinski definition) is 5. The maximum Gasteiger partial charge on any atom is 0.237 e. The van der Waals surface area contributed by atoms with Gasteiger partial charge in [0.1, 0.15) is 0 Å². The second-order valence-corrected chi connectivity index (χ2v) is 7.62. The molecule has 28 heavy (non-hydrogen) atoms. The molecule has 0 fully saturated rings. The number of ether oxygens (including phenoxy) is 2. The van der Waals surface area contributed by atoms with Gasteiger partial charge in [0, 0.05) is 34.9 Å². The molecule has 3 aromatic rings. The van der Waals surface area contributed by atoms with Crippen LogP contribution in [0.2, 0.25) is 5.02 Å². The minimum absolute atomic E-state index is 0.141. The van der Waals surface area contributed by atoms with Crippen LogP contribution in [-0.4, -0.2) is 34.9 Å². The van der Waals surface area contributed by atoms with Crippen LogP contribution >= 0.6 is 23.4 Å². The minimum atomic E-state index is -0.367. The summed E-state index contributed by atoms with van der Waals surface area (Å²) in [5.74, 6) is 1.02. The highest BCUT2D eigenvalue weighted by atomic mass is 35.5. The number of halogens is 1. The van der Waals surface area contributed by atoms with Crippen molar-refractivity contribution in [3.8, 4) is 17.2 Å². The van der Waals surface area contributed by atoms with E-state index in [0.29, 0.717) is 27.4 Å². The normalized spacial score (nSPS) is 11.7. The molecule has 0 aliphatic rings. The van der Waals surface area contributed by atoms with Crippen LogP contribution < -0.4 is 14.8 Å². The molecule has 0 spiro atoms. The molecule has 1 unspecified atom stereocenters. The van der Waals surface area contributed by atoms with Gasteiger partial charge in [-0.25, -0.2) is 4.98 Å². The van der Waals surface area contributed by atoms with Crippen molar-refractivity contribution in [2.75, 3.05) is 19.5 Å². The Morgan fingerprint density at radius 2 is 1.96 bits per heavy atom. The van der Waals surface area contributed by atoms with Gasteiger partial charge in [-0.3, -0.25) is 9.36 Å². The molecule has 8 heteroatoms. The van der Waals surface area contributed by atoms with E-state index in [1.165, 1.54) is 11.8 Å². The van der Waals surface area contributed by atoms with Crippen molar-refractivity contribution < 1.29 is 14.3 Å². The van der Waals surface area contributed by atoms with Gasteiger partial charge in [0.05, 0.1) is 19.5 Å². The standard InChI is InChI=1S/C20H20ClN3O3S/c1-13(19(25)23-15-7-8-17(26-2)18(12-15)27-3)28-20-22-9-10-24(20)16-6-4-5-14(21)11-16/h4-13H,1-3H3,(H,23,25). The van der Waals surface area contributed by atoms with Crippen LogP contribution in [0.1, 0.15) is 6.92 Å². The van der Waals surface area contributed by atoms with E-state index >= 15 is 0 Å². The van der Waals surface area contributed by atoms with E-state index in [1.54, 1.807) is 38.6 Å². The fourth-order valence-corrected chi connectivity index (χ4v) is 3.64. The van der Waals surface area contributed by atoms with Crippen molar-refractivity contribution in [1.29, 1.82) is 0 Å². The lowest BCUT2D eigenvalue weighted by Crippen LogP contribution is -2.22. The topological polar surface area (TPSA) is 65.4 Å². The maximum absolute atomic E-state index is 12.6. The van der Waals surface area contributed by atoms with Gasteiger partial charge in [0.25, 0.3) is 0 Å². The van der Waals surface area contributed by atoms with E-state index in [2.05, 4.69) is 10.3 Å². The molecule has 0 bridgehead atoms. The average molecular weight is 418 g/mol. The first-order valence-electron chi connectivity index (χ1n) is 8.50. The summed E-state index contributed by atoms with van der Waals surface area (Å²) in [6.07, 6.45) is 3.54. The highest BCUT2D eigenvalue weighted by Gasteiger charge is 2.18. The summed E-state index contributed by atoms with van der Waals surface area (Å²) in [5.41, 5.74) is 1.52. The van der Waals surface area contributed by atoms with Crippen LogP contribution in [-0.2, 0) is 4.79 Å². The number of nitrogens with one attached hydrogen (secondary N) is 1. The Hall–Kier alpha value is -2.64. The van der Waals surface area contributed by atoms with Crippen molar-refractivity contribution >= 4 is 35.0 Å². The van der Waals surface area contributed by atoms with E-state index in [1.807, 2.05) is 42.0 Å². The Kier molecular flexibility index (Phi) is 6.49. The third-order valence-corrected chi connectivity index (χ3v) is 5.31. The quantitative estimate of drug-likeness (QED) is 0.566. The predicted octanol–water partition coefficient (Wildman–Crippen LogP) is 4.66. The lowest BCUT2D eigenvalue weighted by molar-refractivity contribution is -0.115. The Bertz CT molecular complexity index is 977. The monoisotopic (exact) mass is 417 g/mol. The van der Waals surface area contributed by atoms with E-state index in [4.69, 9.17) is 21.1 Å². The molecular weight excluding hydrogens is 398 g/mol. The van der Waals surface area contributed by atoms with Crippen LogP contribution in [0.15, 0.2) is 60.0 Å². The van der Waals surface area contributed by atoms with Gasteiger partial charge < -0.3 is 14.8 Å². The Balaban J connectivity index is 1.71. The first-order valence-corrected chi connectivity index (χ1v) is 9.76. The molecule has 146 valence electrons. The third-order valence-electron chi connectivity index (χ3n) is 4.00. The van der Waals surface area contributed by atoms with Crippen LogP contribution in [0.3, 0.4) is 0 Å². The molecule has 0 aliphatic carbocycles. The van der Waals surface area contributed by atoms with Crippen LogP contribution in [0, 0.1) is 0 Å². The van der Waals surface area contributed by atoms with Crippen LogP contribution in [0.25, 0.3) is 5.69 Å². The van der Waals surface area contributed by atoms with Gasteiger partial charge in [-0.1, -0.05) is 29.4 Å². The number of rotatable bonds is 7. The van der Waals surface area contributed by atoms with Gasteiger partial charge in [0.15, 0.2) is 16.7 Å². The van der Waals surface area contributed by atoms with Crippen molar-refractivity contribution in [1.82, 2.24) is 9.55 Å². The molecule has 6 nitrogen and oxygen atoms in total. The smallest absolute Gasteiger partial charge is 0.237 e. The Morgan fingerprint density at radius 3 is 2.68 bits per heavy atom. The Morgan fingerprint density at radius 1 is 1.18 bits per heavy atom. The molecule has 1 N–H and O–H groups in total. The predicted molar refractivity (Wildman–Crippen MR) is 112 cm³/mol. The van der Waals surface area contributed by atoms with Crippen LogP contribution in [0.4, 0.5) is 5.69 Å². The number of carbonyl (C=O) groups is 1. The lowest BCUT2D eigenvalue weighted by Gasteiger charge is -2.14. The van der Waals surface area contributed by atoms with Gasteiger partial charge in [-0.15, -0.1) is 0 Å². The summed E-state index contributed by atoms with van der Waals surface area (Å²) in [4.78, 5) is 17.0. The number of hydrogen-bond donors (Lipinski definition) is 1. The third kappa shape index (κ3) is 4.61. The number of amides is 1. The first-order chi connectivity index (χ1) is 13.5. The van der Waals surface area contributed by atoms with E-state index in [-0.39, 0.29) is 11.2 Å². The van der Waals surface area contributed by atoms with Crippen molar-refractivity contribution in [3.05, 3.63) is 59.9 Å². The van der Waals surface area contributed by atoms with Crippen molar-refractivity contribution in [2.24, 2.45) is 0 Å². The summed E-state index contributed by atoms with van der Waals surface area (Å²) in [5, 5.41) is 3.87. The number of methoxy groups -OCH3 is 2. The van der Waals surface area contributed by atoms with Crippen molar-refractivity contribution in [2.45, 2.75) is 17.3 Å². The molecule has 1 heterocycles. The number of carbonyl (C=O) groups excluding carboxylic acids is 1. The minimum Gasteiger partial charge on any atom is -0.493 e. The Labute approximate surface area is 172 Å². The molecule has 1 amide bonds. The van der Waals surface area contributed by atoms with Gasteiger partial charge in [0.2, 0.25) is 5.91 Å². The van der Waals surface area contributed by atoms with Crippen molar-refractivity contribution in [3.63, 3.8) is 0 Å². The molecule has 1 aromatic heterocycles. The fourth-order valence-electron chi connectivity index (χ4n) is 2.57. The second-order valence-electron chi connectivity index (χ2n) is 5.88. The summed E-state index contributed by atoms with van der Waals surface area (Å²) >= 11 is 7.45. The molecule has 1 atom stereocenters. The summed E-state index contributed by atoms with van der Waals surface area (Å²) in [6, 6.07) is 12.7. The van der Waals surface area contributed by atoms with Crippen LogP contribution in [0.5, 0.6) is 11.5 Å². The number of anilines is 1. The number of thioether (sulfide) groups is 1. The highest BCUT2D eigenvalue weighted by Crippen LogP contribution is 2.31. The SMILES string of the molecule is COc1ccc(NC(=O)C(C)Sc2nccn2-c2cccc(Cl)c2)cc1OC. The molecule has 0 radical (unpaired) electrons. The summed E-state index contributed by atoms with van der Waals surface area (Å²) in [6.45, 7) is 1.83. The molecule has 0 saturated carbocycles. The summed E-state index contributed by atoms with van der Waals surface area (Å²) in [7, 11) is 3.12. The van der Waals surface area contributed by atoms with E-state index < -0.39 is 0 Å². The zero-order chi connectivity index (χ0) is 20.1. The van der Waals surface area contributed by atoms with E-state index in [9.17, 15) is 4.79 Å². The number of nitrogens with zero attached hydrogens (tertiary/aromatic N) is 2. The van der Waals surface area contributed by atoms with Gasteiger partial charge in [-0.2, -0.15) is 0 Å².